The third-order valence-electron chi connectivity index (χ3n) is 4.14. The van der Waals surface area contributed by atoms with Gasteiger partial charge in [-0.05, 0) is 32.1 Å². The minimum Gasteiger partial charge on any atom is -0.493 e. The lowest BCUT2D eigenvalue weighted by Crippen LogP contribution is -2.13. The lowest BCUT2D eigenvalue weighted by molar-refractivity contribution is -0.136. The van der Waals surface area contributed by atoms with E-state index in [2.05, 4.69) is 4.98 Å². The highest BCUT2D eigenvalue weighted by atomic mass is 16.5. The van der Waals surface area contributed by atoms with Crippen LogP contribution in [-0.2, 0) is 9.53 Å². The van der Waals surface area contributed by atoms with Crippen LogP contribution in [0.4, 0.5) is 0 Å². The Kier molecular flexibility index (Phi) is 5.71. The Balaban J connectivity index is 1.65. The van der Waals surface area contributed by atoms with Crippen molar-refractivity contribution in [1.29, 1.82) is 0 Å². The number of carbonyl (C=O) groups is 2. The van der Waals surface area contributed by atoms with Crippen LogP contribution < -0.4 is 4.74 Å². The third-order valence-corrected chi connectivity index (χ3v) is 4.14. The molecule has 0 radical (unpaired) electrons. The fraction of sp³-hybridized carbons (Fsp3) is 0.182. The van der Waals surface area contributed by atoms with E-state index in [0.29, 0.717) is 17.9 Å². The summed E-state index contributed by atoms with van der Waals surface area (Å²) in [7, 11) is 0. The van der Waals surface area contributed by atoms with E-state index in [-0.39, 0.29) is 12.4 Å². The van der Waals surface area contributed by atoms with E-state index in [9.17, 15) is 9.59 Å². The maximum absolute atomic E-state index is 12.5. The smallest absolute Gasteiger partial charge is 0.331 e. The van der Waals surface area contributed by atoms with E-state index >= 15 is 0 Å². The van der Waals surface area contributed by atoms with Crippen molar-refractivity contribution in [3.63, 3.8) is 0 Å². The molecule has 1 N–H and O–H groups in total. The highest BCUT2D eigenvalue weighted by molar-refractivity contribution is 6.10. The number of carbonyl (C=O) groups excluding carboxylic acids is 2. The van der Waals surface area contributed by atoms with Gasteiger partial charge in [0.05, 0.1) is 6.61 Å². The van der Waals surface area contributed by atoms with Gasteiger partial charge in [-0.1, -0.05) is 36.4 Å². The van der Waals surface area contributed by atoms with Crippen LogP contribution in [0.25, 0.3) is 17.0 Å². The number of Topliss-reactive ketones (excluding diaryl/α,β-unsaturated/α-hetero) is 1. The zero-order chi connectivity index (χ0) is 19.2. The summed E-state index contributed by atoms with van der Waals surface area (Å²) < 4.78 is 10.6. The number of aryl methyl sites for hydroxylation is 1. The summed E-state index contributed by atoms with van der Waals surface area (Å²) in [6.45, 7) is 3.96. The van der Waals surface area contributed by atoms with Gasteiger partial charge in [-0.15, -0.1) is 0 Å². The molecule has 0 atom stereocenters. The summed E-state index contributed by atoms with van der Waals surface area (Å²) in [5.74, 6) is -0.122. The number of esters is 1. The van der Waals surface area contributed by atoms with Gasteiger partial charge in [-0.3, -0.25) is 4.79 Å². The van der Waals surface area contributed by atoms with Gasteiger partial charge in [0.25, 0.3) is 0 Å². The van der Waals surface area contributed by atoms with Crippen molar-refractivity contribution < 1.29 is 19.1 Å². The monoisotopic (exact) mass is 363 g/mol. The number of aromatic nitrogens is 1. The number of H-pyrrole nitrogens is 1. The Labute approximate surface area is 157 Å². The van der Waals surface area contributed by atoms with Gasteiger partial charge in [0, 0.05) is 33.8 Å². The molecule has 5 nitrogen and oxygen atoms in total. The van der Waals surface area contributed by atoms with Crippen molar-refractivity contribution in [3.8, 4) is 5.75 Å². The number of benzene rings is 2. The molecule has 2 aromatic carbocycles. The molecule has 0 aliphatic rings. The second-order valence-corrected chi connectivity index (χ2v) is 6.01. The summed E-state index contributed by atoms with van der Waals surface area (Å²) in [6, 6.07) is 14.9. The topological polar surface area (TPSA) is 68.4 Å². The van der Waals surface area contributed by atoms with Crippen molar-refractivity contribution >= 4 is 28.7 Å². The maximum atomic E-state index is 12.5. The minimum atomic E-state index is -0.577. The molecule has 1 aromatic heterocycles. The summed E-state index contributed by atoms with van der Waals surface area (Å²) >= 11 is 0. The number of aromatic amines is 1. The largest absolute Gasteiger partial charge is 0.493 e. The molecule has 0 bridgehead atoms. The van der Waals surface area contributed by atoms with Gasteiger partial charge >= 0.3 is 5.97 Å². The quantitative estimate of drug-likeness (QED) is 0.386. The molecule has 3 rings (SSSR count). The van der Waals surface area contributed by atoms with Crippen LogP contribution in [0.3, 0.4) is 0 Å². The molecule has 0 unspecified atom stereocenters. The van der Waals surface area contributed by atoms with Gasteiger partial charge < -0.3 is 14.5 Å². The van der Waals surface area contributed by atoms with Gasteiger partial charge in [-0.2, -0.15) is 0 Å². The Morgan fingerprint density at radius 3 is 2.63 bits per heavy atom. The molecule has 0 aliphatic heterocycles. The van der Waals surface area contributed by atoms with E-state index in [4.69, 9.17) is 9.47 Å². The Morgan fingerprint density at radius 2 is 1.81 bits per heavy atom. The third kappa shape index (κ3) is 4.26. The zero-order valence-corrected chi connectivity index (χ0v) is 15.3. The minimum absolute atomic E-state index is 0.235. The molecule has 5 heteroatoms. The predicted molar refractivity (Wildman–Crippen MR) is 105 cm³/mol. The van der Waals surface area contributed by atoms with Crippen LogP contribution in [0.2, 0.25) is 0 Å². The standard InChI is InChI=1S/C22H21NO4/c1-3-26-20-11-7-4-8-16(20)12-13-21(25)27-14-19(24)22-15(2)23-18-10-6-5-9-17(18)22/h4-13,23H,3,14H2,1-2H3. The van der Waals surface area contributed by atoms with Gasteiger partial charge in [0.1, 0.15) is 5.75 Å². The van der Waals surface area contributed by atoms with E-state index < -0.39 is 5.97 Å². The second-order valence-electron chi connectivity index (χ2n) is 6.01. The number of ketones is 1. The first-order chi connectivity index (χ1) is 13.1. The summed E-state index contributed by atoms with van der Waals surface area (Å²) in [4.78, 5) is 27.7. The molecule has 0 saturated heterocycles. The Bertz CT molecular complexity index is 1000. The Hall–Kier alpha value is -3.34. The van der Waals surface area contributed by atoms with Crippen LogP contribution in [0.5, 0.6) is 5.75 Å². The van der Waals surface area contributed by atoms with Crippen molar-refractivity contribution in [2.24, 2.45) is 0 Å². The predicted octanol–water partition coefficient (Wildman–Crippen LogP) is 4.31. The van der Waals surface area contributed by atoms with Crippen LogP contribution in [0, 0.1) is 6.92 Å². The molecular weight excluding hydrogens is 342 g/mol. The fourth-order valence-electron chi connectivity index (χ4n) is 2.96. The first-order valence-corrected chi connectivity index (χ1v) is 8.77. The Morgan fingerprint density at radius 1 is 1.07 bits per heavy atom. The SMILES string of the molecule is CCOc1ccccc1C=CC(=O)OCC(=O)c1c(C)[nH]c2ccccc12. The number of fused-ring (bicyclic) bond motifs is 1. The molecule has 138 valence electrons. The molecule has 0 saturated carbocycles. The van der Waals surface area contributed by atoms with Crippen molar-refractivity contribution in [3.05, 3.63) is 71.4 Å². The lowest BCUT2D eigenvalue weighted by Gasteiger charge is -2.06. The molecule has 1 heterocycles. The first-order valence-electron chi connectivity index (χ1n) is 8.77. The fourth-order valence-corrected chi connectivity index (χ4v) is 2.96. The van der Waals surface area contributed by atoms with Crippen molar-refractivity contribution in [2.75, 3.05) is 13.2 Å². The average Bonchev–Trinajstić information content (AvgIpc) is 3.01. The summed E-state index contributed by atoms with van der Waals surface area (Å²) in [5.41, 5.74) is 2.98. The maximum Gasteiger partial charge on any atom is 0.331 e. The number of hydrogen-bond donors (Lipinski definition) is 1. The van der Waals surface area contributed by atoms with E-state index in [1.54, 1.807) is 6.08 Å². The number of para-hydroxylation sites is 2. The molecule has 0 spiro atoms. The normalized spacial score (nSPS) is 11.0. The molecular formula is C22H21NO4. The molecule has 0 amide bonds. The number of rotatable bonds is 7. The van der Waals surface area contributed by atoms with Crippen LogP contribution in [0.1, 0.15) is 28.5 Å². The number of ether oxygens (including phenoxy) is 2. The van der Waals surface area contributed by atoms with E-state index in [0.717, 1.165) is 22.2 Å². The number of nitrogens with one attached hydrogen (secondary N) is 1. The second kappa shape index (κ2) is 8.36. The van der Waals surface area contributed by atoms with Gasteiger partial charge in [-0.25, -0.2) is 4.79 Å². The zero-order valence-electron chi connectivity index (χ0n) is 15.3. The van der Waals surface area contributed by atoms with E-state index in [1.165, 1.54) is 6.08 Å². The molecule has 27 heavy (non-hydrogen) atoms. The molecule has 0 aliphatic carbocycles. The summed E-state index contributed by atoms with van der Waals surface area (Å²) in [6.07, 6.45) is 2.92. The van der Waals surface area contributed by atoms with E-state index in [1.807, 2.05) is 62.4 Å². The summed E-state index contributed by atoms with van der Waals surface area (Å²) in [5, 5.41) is 0.831. The molecule has 0 fully saturated rings. The van der Waals surface area contributed by atoms with Crippen molar-refractivity contribution in [1.82, 2.24) is 4.98 Å². The van der Waals surface area contributed by atoms with Gasteiger partial charge in [0.2, 0.25) is 5.78 Å². The van der Waals surface area contributed by atoms with Crippen molar-refractivity contribution in [2.45, 2.75) is 13.8 Å². The van der Waals surface area contributed by atoms with Gasteiger partial charge in [0.15, 0.2) is 6.61 Å². The first kappa shape index (κ1) is 18.5. The average molecular weight is 363 g/mol. The highest BCUT2D eigenvalue weighted by Crippen LogP contribution is 2.22. The highest BCUT2D eigenvalue weighted by Gasteiger charge is 2.16. The van der Waals surface area contributed by atoms with Crippen LogP contribution in [0.15, 0.2) is 54.6 Å². The van der Waals surface area contributed by atoms with Crippen LogP contribution in [-0.4, -0.2) is 30.0 Å². The number of hydrogen-bond acceptors (Lipinski definition) is 4. The van der Waals surface area contributed by atoms with Crippen LogP contribution >= 0.6 is 0 Å². The molecule has 3 aromatic rings. The lowest BCUT2D eigenvalue weighted by atomic mass is 10.1.